The Hall–Kier alpha value is -2.73. The number of amides is 1. The maximum Gasteiger partial charge on any atom is 0.256 e. The van der Waals surface area contributed by atoms with Gasteiger partial charge in [-0.25, -0.2) is 0 Å². The van der Waals surface area contributed by atoms with Crippen LogP contribution in [0, 0.1) is 13.8 Å². The van der Waals surface area contributed by atoms with E-state index in [1.807, 2.05) is 62.4 Å². The molecule has 0 aliphatic heterocycles. The Balaban J connectivity index is 1.41. The van der Waals surface area contributed by atoms with Crippen molar-refractivity contribution in [3.05, 3.63) is 71.1 Å². The molecule has 1 N–H and O–H groups in total. The number of rotatable bonds is 7. The van der Waals surface area contributed by atoms with E-state index in [0.717, 1.165) is 46.2 Å². The van der Waals surface area contributed by atoms with E-state index in [2.05, 4.69) is 10.5 Å². The SMILES string of the molecule is Cc1noc(C)c1CSc1ccccc1C(=O)Nc1ccc(OC2CCCC2)cc1. The first-order valence-corrected chi connectivity index (χ1v) is 11.3. The van der Waals surface area contributed by atoms with Gasteiger partial charge in [0.05, 0.1) is 17.4 Å². The first kappa shape index (κ1) is 20.5. The van der Waals surface area contributed by atoms with Gasteiger partial charge in [0.1, 0.15) is 11.5 Å². The van der Waals surface area contributed by atoms with E-state index < -0.39 is 0 Å². The molecular formula is C24H26N2O3S. The molecule has 1 aliphatic rings. The number of hydrogen-bond acceptors (Lipinski definition) is 5. The van der Waals surface area contributed by atoms with Crippen LogP contribution in [-0.4, -0.2) is 17.2 Å². The second-order valence-electron chi connectivity index (χ2n) is 7.59. The minimum atomic E-state index is -0.124. The molecule has 30 heavy (non-hydrogen) atoms. The van der Waals surface area contributed by atoms with Crippen LogP contribution >= 0.6 is 11.8 Å². The summed E-state index contributed by atoms with van der Waals surface area (Å²) >= 11 is 1.61. The van der Waals surface area contributed by atoms with E-state index in [4.69, 9.17) is 9.26 Å². The van der Waals surface area contributed by atoms with Crippen molar-refractivity contribution in [1.82, 2.24) is 5.16 Å². The highest BCUT2D eigenvalue weighted by Crippen LogP contribution is 2.30. The molecule has 1 aromatic heterocycles. The van der Waals surface area contributed by atoms with E-state index in [-0.39, 0.29) is 5.91 Å². The zero-order valence-corrected chi connectivity index (χ0v) is 18.1. The number of nitrogens with one attached hydrogen (secondary N) is 1. The van der Waals surface area contributed by atoms with Gasteiger partial charge < -0.3 is 14.6 Å². The molecule has 0 unspecified atom stereocenters. The van der Waals surface area contributed by atoms with Gasteiger partial charge in [0, 0.05) is 21.9 Å². The second kappa shape index (κ2) is 9.39. The second-order valence-corrected chi connectivity index (χ2v) is 8.61. The first-order chi connectivity index (χ1) is 14.6. The average Bonchev–Trinajstić information content (AvgIpc) is 3.38. The number of carbonyl (C=O) groups is 1. The van der Waals surface area contributed by atoms with Gasteiger partial charge in [-0.3, -0.25) is 4.79 Å². The predicted molar refractivity (Wildman–Crippen MR) is 119 cm³/mol. The molecule has 1 fully saturated rings. The number of ether oxygens (including phenoxy) is 1. The summed E-state index contributed by atoms with van der Waals surface area (Å²) in [7, 11) is 0. The van der Waals surface area contributed by atoms with Crippen LogP contribution in [0.15, 0.2) is 57.9 Å². The maximum absolute atomic E-state index is 12.9. The summed E-state index contributed by atoms with van der Waals surface area (Å²) in [4.78, 5) is 13.8. The van der Waals surface area contributed by atoms with Crippen LogP contribution in [0.5, 0.6) is 5.75 Å². The zero-order chi connectivity index (χ0) is 20.9. The topological polar surface area (TPSA) is 64.4 Å². The molecule has 0 radical (unpaired) electrons. The average molecular weight is 423 g/mol. The van der Waals surface area contributed by atoms with Gasteiger partial charge in [-0.1, -0.05) is 17.3 Å². The van der Waals surface area contributed by atoms with E-state index in [1.165, 1.54) is 12.8 Å². The fourth-order valence-electron chi connectivity index (χ4n) is 3.65. The fourth-order valence-corrected chi connectivity index (χ4v) is 4.85. The fraction of sp³-hybridized carbons (Fsp3) is 0.333. The molecule has 2 aromatic carbocycles. The predicted octanol–water partition coefficient (Wildman–Crippen LogP) is 6.16. The van der Waals surface area contributed by atoms with Crippen molar-refractivity contribution in [3.8, 4) is 5.75 Å². The molecule has 3 aromatic rings. The number of aryl methyl sites for hydroxylation is 2. The van der Waals surface area contributed by atoms with Gasteiger partial charge in [-0.15, -0.1) is 11.8 Å². The number of benzene rings is 2. The van der Waals surface area contributed by atoms with Crippen molar-refractivity contribution in [2.75, 3.05) is 5.32 Å². The standard InChI is InChI=1S/C24H26N2O3S/c1-16-22(17(2)29-26-16)15-30-23-10-6-5-9-21(23)24(27)25-18-11-13-20(14-12-18)28-19-7-3-4-8-19/h5-6,9-14,19H,3-4,7-8,15H2,1-2H3,(H,25,27). The van der Waals surface area contributed by atoms with Crippen molar-refractivity contribution in [1.29, 1.82) is 0 Å². The summed E-state index contributed by atoms with van der Waals surface area (Å²) in [6, 6.07) is 15.3. The summed E-state index contributed by atoms with van der Waals surface area (Å²) in [6.45, 7) is 3.85. The lowest BCUT2D eigenvalue weighted by atomic mass is 10.2. The van der Waals surface area contributed by atoms with Gasteiger partial charge in [0.2, 0.25) is 0 Å². The van der Waals surface area contributed by atoms with E-state index in [0.29, 0.717) is 17.4 Å². The van der Waals surface area contributed by atoms with Gasteiger partial charge >= 0.3 is 0 Å². The molecule has 1 amide bonds. The van der Waals surface area contributed by atoms with Crippen LogP contribution in [-0.2, 0) is 5.75 Å². The quantitative estimate of drug-likeness (QED) is 0.462. The van der Waals surface area contributed by atoms with Crippen LogP contribution in [0.3, 0.4) is 0 Å². The Morgan fingerprint density at radius 1 is 1.13 bits per heavy atom. The third-order valence-corrected chi connectivity index (χ3v) is 6.50. The number of hydrogen-bond donors (Lipinski definition) is 1. The van der Waals surface area contributed by atoms with Crippen molar-refractivity contribution >= 4 is 23.4 Å². The highest BCUT2D eigenvalue weighted by Gasteiger charge is 2.17. The summed E-state index contributed by atoms with van der Waals surface area (Å²) in [5.41, 5.74) is 3.37. The smallest absolute Gasteiger partial charge is 0.256 e. The normalized spacial score (nSPS) is 14.1. The molecule has 1 saturated carbocycles. The largest absolute Gasteiger partial charge is 0.490 e. The lowest BCUT2D eigenvalue weighted by Gasteiger charge is -2.14. The van der Waals surface area contributed by atoms with E-state index in [9.17, 15) is 4.79 Å². The number of anilines is 1. The van der Waals surface area contributed by atoms with Gasteiger partial charge in [-0.05, 0) is 75.9 Å². The summed E-state index contributed by atoms with van der Waals surface area (Å²) in [5.74, 6) is 2.26. The number of carbonyl (C=O) groups excluding carboxylic acids is 1. The minimum absolute atomic E-state index is 0.124. The van der Waals surface area contributed by atoms with Crippen molar-refractivity contribution in [2.24, 2.45) is 0 Å². The zero-order valence-electron chi connectivity index (χ0n) is 17.3. The summed E-state index contributed by atoms with van der Waals surface area (Å²) < 4.78 is 11.2. The molecule has 0 atom stereocenters. The van der Waals surface area contributed by atoms with Crippen LogP contribution < -0.4 is 10.1 Å². The molecule has 0 spiro atoms. The molecule has 0 saturated heterocycles. The Morgan fingerprint density at radius 2 is 1.87 bits per heavy atom. The molecule has 4 rings (SSSR count). The minimum Gasteiger partial charge on any atom is -0.490 e. The van der Waals surface area contributed by atoms with E-state index in [1.54, 1.807) is 11.8 Å². The maximum atomic E-state index is 12.9. The molecule has 6 heteroatoms. The Morgan fingerprint density at radius 3 is 2.57 bits per heavy atom. The summed E-state index contributed by atoms with van der Waals surface area (Å²) in [5, 5.41) is 7.00. The molecular weight excluding hydrogens is 396 g/mol. The highest BCUT2D eigenvalue weighted by atomic mass is 32.2. The molecule has 1 heterocycles. The molecule has 1 aliphatic carbocycles. The lowest BCUT2D eigenvalue weighted by molar-refractivity contribution is 0.102. The Labute approximate surface area is 181 Å². The number of nitrogens with zero attached hydrogens (tertiary/aromatic N) is 1. The van der Waals surface area contributed by atoms with Crippen LogP contribution in [0.2, 0.25) is 0 Å². The molecule has 0 bridgehead atoms. The Kier molecular flexibility index (Phi) is 6.43. The van der Waals surface area contributed by atoms with Crippen molar-refractivity contribution < 1.29 is 14.1 Å². The van der Waals surface area contributed by atoms with Gasteiger partial charge in [-0.2, -0.15) is 0 Å². The molecule has 156 valence electrons. The van der Waals surface area contributed by atoms with Crippen molar-refractivity contribution in [3.63, 3.8) is 0 Å². The third kappa shape index (κ3) is 4.87. The summed E-state index contributed by atoms with van der Waals surface area (Å²) in [6.07, 6.45) is 5.06. The third-order valence-electron chi connectivity index (χ3n) is 5.40. The Bertz CT molecular complexity index is 988. The first-order valence-electron chi connectivity index (χ1n) is 10.3. The number of thioether (sulfide) groups is 1. The highest BCUT2D eigenvalue weighted by molar-refractivity contribution is 7.98. The monoisotopic (exact) mass is 422 g/mol. The van der Waals surface area contributed by atoms with Gasteiger partial charge in [0.25, 0.3) is 5.91 Å². The van der Waals surface area contributed by atoms with Crippen LogP contribution in [0.4, 0.5) is 5.69 Å². The van der Waals surface area contributed by atoms with Crippen LogP contribution in [0.1, 0.15) is 53.1 Å². The van der Waals surface area contributed by atoms with E-state index >= 15 is 0 Å². The van der Waals surface area contributed by atoms with Crippen LogP contribution in [0.25, 0.3) is 0 Å². The van der Waals surface area contributed by atoms with Gasteiger partial charge in [0.15, 0.2) is 0 Å². The molecule has 5 nitrogen and oxygen atoms in total. The number of aromatic nitrogens is 1. The van der Waals surface area contributed by atoms with Crippen molar-refractivity contribution in [2.45, 2.75) is 56.3 Å². The lowest BCUT2D eigenvalue weighted by Crippen LogP contribution is -2.13.